The minimum Gasteiger partial charge on any atom is -0.352 e. The van der Waals surface area contributed by atoms with E-state index in [4.69, 9.17) is 0 Å². The summed E-state index contributed by atoms with van der Waals surface area (Å²) in [5.41, 5.74) is 4.11. The minimum atomic E-state index is -0.682. The summed E-state index contributed by atoms with van der Waals surface area (Å²) < 4.78 is 13.5. The van der Waals surface area contributed by atoms with Crippen LogP contribution in [0.15, 0.2) is 78.9 Å². The van der Waals surface area contributed by atoms with Gasteiger partial charge in [-0.05, 0) is 49.1 Å². The molecule has 2 atom stereocenters. The molecule has 0 heterocycles. The number of rotatable bonds is 12. The summed E-state index contributed by atoms with van der Waals surface area (Å²) in [6.45, 7) is 6.25. The molecule has 0 bridgehead atoms. The van der Waals surface area contributed by atoms with Crippen LogP contribution in [0.25, 0.3) is 0 Å². The largest absolute Gasteiger partial charge is 0.352 e. The van der Waals surface area contributed by atoms with E-state index in [-0.39, 0.29) is 36.0 Å². The van der Waals surface area contributed by atoms with Crippen LogP contribution < -0.4 is 5.32 Å². The van der Waals surface area contributed by atoms with Crippen LogP contribution in [0.4, 0.5) is 4.39 Å². The molecule has 3 aromatic rings. The Morgan fingerprint density at radius 1 is 0.917 bits per heavy atom. The molecule has 0 aliphatic rings. The van der Waals surface area contributed by atoms with E-state index in [1.165, 1.54) is 29.5 Å². The normalized spacial score (nSPS) is 12.6. The highest BCUT2D eigenvalue weighted by Crippen LogP contribution is 2.19. The van der Waals surface area contributed by atoms with Crippen LogP contribution in [0, 0.1) is 12.7 Å². The minimum absolute atomic E-state index is 0.00513. The molecule has 0 spiro atoms. The first-order valence-electron chi connectivity index (χ1n) is 12.4. The summed E-state index contributed by atoms with van der Waals surface area (Å²) in [5, 5.41) is 3.07. The summed E-state index contributed by atoms with van der Waals surface area (Å²) in [5.74, 6) is 0.333. The zero-order chi connectivity index (χ0) is 25.9. The molecule has 36 heavy (non-hydrogen) atoms. The molecule has 0 aliphatic carbocycles. The van der Waals surface area contributed by atoms with Crippen LogP contribution in [-0.4, -0.2) is 34.6 Å². The number of nitrogens with one attached hydrogen (secondary N) is 1. The maximum atomic E-state index is 13.6. The smallest absolute Gasteiger partial charge is 0.243 e. The molecule has 0 unspecified atom stereocenters. The van der Waals surface area contributed by atoms with Crippen molar-refractivity contribution < 1.29 is 14.0 Å². The second kappa shape index (κ2) is 13.8. The lowest BCUT2D eigenvalue weighted by Gasteiger charge is -2.32. The van der Waals surface area contributed by atoms with Gasteiger partial charge in [-0.25, -0.2) is 4.39 Å². The van der Waals surface area contributed by atoms with Crippen molar-refractivity contribution in [2.45, 2.75) is 58.0 Å². The van der Waals surface area contributed by atoms with Crippen molar-refractivity contribution in [3.63, 3.8) is 0 Å². The molecular weight excluding hydrogens is 471 g/mol. The Labute approximate surface area is 218 Å². The lowest BCUT2D eigenvalue weighted by molar-refractivity contribution is -0.139. The Balaban J connectivity index is 1.84. The molecule has 190 valence electrons. The average Bonchev–Trinajstić information content (AvgIpc) is 2.88. The van der Waals surface area contributed by atoms with E-state index in [9.17, 15) is 14.0 Å². The number of benzene rings is 3. The van der Waals surface area contributed by atoms with Crippen molar-refractivity contribution in [2.75, 3.05) is 5.75 Å². The SMILES string of the molecule is CC[C@H](C)NC(=O)[C@@H](Cc1ccccc1)N(Cc1ccc(F)cc1)C(=O)CSCc1ccc(C)cc1. The van der Waals surface area contributed by atoms with E-state index in [0.717, 1.165) is 23.1 Å². The Bertz CT molecular complexity index is 1100. The predicted molar refractivity (Wildman–Crippen MR) is 146 cm³/mol. The molecule has 0 saturated heterocycles. The average molecular weight is 507 g/mol. The van der Waals surface area contributed by atoms with Crippen molar-refractivity contribution in [1.29, 1.82) is 0 Å². The highest BCUT2D eigenvalue weighted by atomic mass is 32.2. The third-order valence-corrected chi connectivity index (χ3v) is 7.14. The number of carbonyl (C=O) groups excluding carboxylic acids is 2. The Morgan fingerprint density at radius 2 is 1.56 bits per heavy atom. The number of amides is 2. The fourth-order valence-electron chi connectivity index (χ4n) is 3.80. The molecular formula is C30H35FN2O2S. The lowest BCUT2D eigenvalue weighted by atomic mass is 10.0. The Kier molecular flexibility index (Phi) is 10.6. The number of thioether (sulfide) groups is 1. The second-order valence-corrected chi connectivity index (χ2v) is 10.1. The van der Waals surface area contributed by atoms with Crippen molar-refractivity contribution >= 4 is 23.6 Å². The standard InChI is InChI=1S/C30H35FN2O2S/c1-4-23(3)32-30(35)28(18-24-8-6-5-7-9-24)33(19-25-14-16-27(31)17-15-25)29(34)21-36-20-26-12-10-22(2)11-13-26/h5-17,23,28H,4,18-21H2,1-3H3,(H,32,35)/t23-,28+/m0/s1. The molecule has 3 aromatic carbocycles. The van der Waals surface area contributed by atoms with E-state index in [0.29, 0.717) is 12.2 Å². The molecule has 2 amide bonds. The van der Waals surface area contributed by atoms with Gasteiger partial charge in [0.25, 0.3) is 0 Å². The van der Waals surface area contributed by atoms with E-state index in [1.54, 1.807) is 17.0 Å². The number of nitrogens with zero attached hydrogens (tertiary/aromatic N) is 1. The lowest BCUT2D eigenvalue weighted by Crippen LogP contribution is -2.52. The van der Waals surface area contributed by atoms with Crippen LogP contribution in [0.2, 0.25) is 0 Å². The molecule has 3 rings (SSSR count). The van der Waals surface area contributed by atoms with Gasteiger partial charge < -0.3 is 10.2 Å². The van der Waals surface area contributed by atoms with Gasteiger partial charge in [0, 0.05) is 24.8 Å². The third kappa shape index (κ3) is 8.52. The summed E-state index contributed by atoms with van der Waals surface area (Å²) in [6, 6.07) is 23.4. The molecule has 0 aliphatic heterocycles. The van der Waals surface area contributed by atoms with Gasteiger partial charge >= 0.3 is 0 Å². The first-order chi connectivity index (χ1) is 17.4. The van der Waals surface area contributed by atoms with E-state index in [1.807, 2.05) is 51.1 Å². The number of aryl methyl sites for hydroxylation is 1. The van der Waals surface area contributed by atoms with E-state index < -0.39 is 6.04 Å². The van der Waals surface area contributed by atoms with Crippen molar-refractivity contribution in [1.82, 2.24) is 10.2 Å². The molecule has 0 radical (unpaired) electrons. The first kappa shape index (κ1) is 27.5. The number of carbonyl (C=O) groups is 2. The maximum Gasteiger partial charge on any atom is 0.243 e. The van der Waals surface area contributed by atoms with Gasteiger partial charge in [-0.1, -0.05) is 79.2 Å². The topological polar surface area (TPSA) is 49.4 Å². The van der Waals surface area contributed by atoms with Crippen LogP contribution >= 0.6 is 11.8 Å². The maximum absolute atomic E-state index is 13.6. The Hall–Kier alpha value is -3.12. The van der Waals surface area contributed by atoms with Gasteiger partial charge in [0.05, 0.1) is 5.75 Å². The fraction of sp³-hybridized carbons (Fsp3) is 0.333. The quantitative estimate of drug-likeness (QED) is 0.332. The van der Waals surface area contributed by atoms with Gasteiger partial charge in [-0.15, -0.1) is 11.8 Å². The summed E-state index contributed by atoms with van der Waals surface area (Å²) in [4.78, 5) is 28.7. The summed E-state index contributed by atoms with van der Waals surface area (Å²) in [6.07, 6.45) is 1.20. The first-order valence-corrected chi connectivity index (χ1v) is 13.5. The van der Waals surface area contributed by atoms with Gasteiger partial charge in [-0.2, -0.15) is 0 Å². The molecule has 1 N–H and O–H groups in total. The van der Waals surface area contributed by atoms with Gasteiger partial charge in [0.2, 0.25) is 11.8 Å². The van der Waals surface area contributed by atoms with Crippen LogP contribution in [0.3, 0.4) is 0 Å². The predicted octanol–water partition coefficient (Wildman–Crippen LogP) is 5.92. The van der Waals surface area contributed by atoms with E-state index in [2.05, 4.69) is 29.6 Å². The number of halogens is 1. The zero-order valence-corrected chi connectivity index (χ0v) is 22.1. The fourth-order valence-corrected chi connectivity index (χ4v) is 4.68. The summed E-state index contributed by atoms with van der Waals surface area (Å²) >= 11 is 1.53. The second-order valence-electron chi connectivity index (χ2n) is 9.15. The molecule has 0 aromatic heterocycles. The number of hydrogen-bond donors (Lipinski definition) is 1. The molecule has 4 nitrogen and oxygen atoms in total. The Morgan fingerprint density at radius 3 is 2.19 bits per heavy atom. The van der Waals surface area contributed by atoms with Gasteiger partial charge in [0.15, 0.2) is 0 Å². The van der Waals surface area contributed by atoms with Crippen molar-refractivity contribution in [3.8, 4) is 0 Å². The van der Waals surface area contributed by atoms with Crippen LogP contribution in [0.5, 0.6) is 0 Å². The number of hydrogen-bond acceptors (Lipinski definition) is 3. The highest BCUT2D eigenvalue weighted by molar-refractivity contribution is 7.99. The third-order valence-electron chi connectivity index (χ3n) is 6.15. The van der Waals surface area contributed by atoms with Crippen molar-refractivity contribution in [2.24, 2.45) is 0 Å². The van der Waals surface area contributed by atoms with Crippen LogP contribution in [-0.2, 0) is 28.3 Å². The summed E-state index contributed by atoms with van der Waals surface area (Å²) in [7, 11) is 0. The highest BCUT2D eigenvalue weighted by Gasteiger charge is 2.30. The van der Waals surface area contributed by atoms with E-state index >= 15 is 0 Å². The molecule has 6 heteroatoms. The van der Waals surface area contributed by atoms with Gasteiger partial charge in [-0.3, -0.25) is 9.59 Å². The van der Waals surface area contributed by atoms with Gasteiger partial charge in [0.1, 0.15) is 11.9 Å². The van der Waals surface area contributed by atoms with Crippen LogP contribution in [0.1, 0.15) is 42.5 Å². The molecule has 0 fully saturated rings. The zero-order valence-electron chi connectivity index (χ0n) is 21.2. The van der Waals surface area contributed by atoms with Crippen molar-refractivity contribution in [3.05, 3.63) is 107 Å². The molecule has 0 saturated carbocycles. The monoisotopic (exact) mass is 506 g/mol.